The summed E-state index contributed by atoms with van der Waals surface area (Å²) in [5, 5.41) is 14.0. The normalized spacial score (nSPS) is 17.2. The van der Waals surface area contributed by atoms with E-state index in [4.69, 9.17) is 4.74 Å². The number of guanidine groups is 1. The van der Waals surface area contributed by atoms with Crippen LogP contribution in [0.3, 0.4) is 0 Å². The standard InChI is InChI=1S/C16H24N4O3.HI/c1-3-17-16(19(2)11-14-8-9-23-12-14)18-10-13-4-6-15(7-5-13)20(21)22;/h4-7,14H,3,8-12H2,1-2H3,(H,17,18);1H. The monoisotopic (exact) mass is 448 g/mol. The van der Waals surface area contributed by atoms with Crippen LogP contribution in [0.4, 0.5) is 5.69 Å². The summed E-state index contributed by atoms with van der Waals surface area (Å²) in [4.78, 5) is 17.0. The molecule has 1 heterocycles. The second-order valence-corrected chi connectivity index (χ2v) is 5.70. The predicted octanol–water partition coefficient (Wildman–Crippen LogP) is 2.65. The summed E-state index contributed by atoms with van der Waals surface area (Å²) < 4.78 is 5.42. The van der Waals surface area contributed by atoms with E-state index in [0.29, 0.717) is 12.5 Å². The van der Waals surface area contributed by atoms with Gasteiger partial charge in [0.05, 0.1) is 18.1 Å². The second kappa shape index (κ2) is 10.4. The molecule has 7 nitrogen and oxygen atoms in total. The van der Waals surface area contributed by atoms with Gasteiger partial charge < -0.3 is 15.0 Å². The molecule has 0 saturated carbocycles. The van der Waals surface area contributed by atoms with Crippen molar-refractivity contribution in [2.24, 2.45) is 10.9 Å². The SMILES string of the molecule is CCNC(=NCc1ccc([N+](=O)[O-])cc1)N(C)CC1CCOC1.I. The minimum absolute atomic E-state index is 0. The fraction of sp³-hybridized carbons (Fsp3) is 0.562. The summed E-state index contributed by atoms with van der Waals surface area (Å²) in [6.45, 7) is 5.89. The lowest BCUT2D eigenvalue weighted by atomic mass is 10.1. The molecular formula is C16H25IN4O3. The number of aliphatic imine (C=N–C) groups is 1. The van der Waals surface area contributed by atoms with E-state index in [1.807, 2.05) is 14.0 Å². The van der Waals surface area contributed by atoms with E-state index in [1.54, 1.807) is 12.1 Å². The molecule has 1 aromatic carbocycles. The molecule has 1 aliphatic rings. The Balaban J connectivity index is 0.00000288. The van der Waals surface area contributed by atoms with Crippen molar-refractivity contribution in [3.63, 3.8) is 0 Å². The van der Waals surface area contributed by atoms with Crippen LogP contribution in [0.1, 0.15) is 18.9 Å². The van der Waals surface area contributed by atoms with Gasteiger partial charge in [0.15, 0.2) is 5.96 Å². The average molecular weight is 448 g/mol. The number of non-ortho nitro benzene ring substituents is 1. The van der Waals surface area contributed by atoms with Gasteiger partial charge in [-0.25, -0.2) is 4.99 Å². The van der Waals surface area contributed by atoms with Crippen molar-refractivity contribution < 1.29 is 9.66 Å². The molecule has 0 spiro atoms. The van der Waals surface area contributed by atoms with Gasteiger partial charge in [-0.15, -0.1) is 24.0 Å². The lowest BCUT2D eigenvalue weighted by molar-refractivity contribution is -0.384. The van der Waals surface area contributed by atoms with E-state index in [-0.39, 0.29) is 29.7 Å². The Morgan fingerprint density at radius 1 is 1.46 bits per heavy atom. The van der Waals surface area contributed by atoms with Gasteiger partial charge in [-0.2, -0.15) is 0 Å². The molecule has 8 heteroatoms. The molecule has 0 aromatic heterocycles. The van der Waals surface area contributed by atoms with Gasteiger partial charge >= 0.3 is 0 Å². The highest BCUT2D eigenvalue weighted by molar-refractivity contribution is 14.0. The Kier molecular flexibility index (Phi) is 8.98. The van der Waals surface area contributed by atoms with E-state index < -0.39 is 4.92 Å². The zero-order valence-corrected chi connectivity index (χ0v) is 16.4. The molecule has 2 rings (SSSR count). The van der Waals surface area contributed by atoms with Crippen molar-refractivity contribution in [3.05, 3.63) is 39.9 Å². The summed E-state index contributed by atoms with van der Waals surface area (Å²) in [5.41, 5.74) is 1.05. The zero-order valence-electron chi connectivity index (χ0n) is 14.1. The fourth-order valence-electron chi connectivity index (χ4n) is 2.56. The molecule has 0 aliphatic carbocycles. The number of halogens is 1. The van der Waals surface area contributed by atoms with E-state index in [2.05, 4.69) is 15.2 Å². The number of nitrogens with one attached hydrogen (secondary N) is 1. The molecule has 134 valence electrons. The molecule has 1 saturated heterocycles. The van der Waals surface area contributed by atoms with E-state index in [9.17, 15) is 10.1 Å². The highest BCUT2D eigenvalue weighted by atomic mass is 127. The van der Waals surface area contributed by atoms with Crippen LogP contribution in [0.25, 0.3) is 0 Å². The maximum Gasteiger partial charge on any atom is 0.269 e. The van der Waals surface area contributed by atoms with E-state index >= 15 is 0 Å². The molecule has 24 heavy (non-hydrogen) atoms. The van der Waals surface area contributed by atoms with Gasteiger partial charge in [0, 0.05) is 44.8 Å². The number of nitro groups is 1. The first-order chi connectivity index (χ1) is 11.1. The van der Waals surface area contributed by atoms with Gasteiger partial charge in [-0.3, -0.25) is 10.1 Å². The molecule has 1 aromatic rings. The molecule has 1 unspecified atom stereocenters. The molecule has 0 bridgehead atoms. The van der Waals surface area contributed by atoms with Gasteiger partial charge in [0.2, 0.25) is 0 Å². The number of benzene rings is 1. The molecule has 0 amide bonds. The molecular weight excluding hydrogens is 423 g/mol. The average Bonchev–Trinajstić information content (AvgIpc) is 3.04. The Hall–Kier alpha value is -1.42. The van der Waals surface area contributed by atoms with Gasteiger partial charge in [0.25, 0.3) is 5.69 Å². The number of rotatable bonds is 6. The van der Waals surface area contributed by atoms with Crippen LogP contribution in [0.5, 0.6) is 0 Å². The minimum atomic E-state index is -0.394. The van der Waals surface area contributed by atoms with E-state index in [0.717, 1.165) is 44.2 Å². The number of ether oxygens (including phenoxy) is 1. The Labute approximate surface area is 159 Å². The Bertz CT molecular complexity index is 545. The van der Waals surface area contributed by atoms with Crippen molar-refractivity contribution in [3.8, 4) is 0 Å². The van der Waals surface area contributed by atoms with Crippen LogP contribution < -0.4 is 5.32 Å². The first kappa shape index (κ1) is 20.6. The van der Waals surface area contributed by atoms with Gasteiger partial charge in [-0.1, -0.05) is 12.1 Å². The maximum atomic E-state index is 10.7. The van der Waals surface area contributed by atoms with Gasteiger partial charge in [0.1, 0.15) is 0 Å². The third-order valence-corrected chi connectivity index (χ3v) is 3.81. The number of hydrogen-bond donors (Lipinski definition) is 1. The Morgan fingerprint density at radius 3 is 2.71 bits per heavy atom. The summed E-state index contributed by atoms with van der Waals surface area (Å²) in [5.74, 6) is 1.39. The van der Waals surface area contributed by atoms with Crippen LogP contribution in [-0.2, 0) is 11.3 Å². The number of hydrogen-bond acceptors (Lipinski definition) is 4. The third-order valence-electron chi connectivity index (χ3n) is 3.81. The summed E-state index contributed by atoms with van der Waals surface area (Å²) in [6, 6.07) is 6.51. The lowest BCUT2D eigenvalue weighted by Gasteiger charge is -2.24. The molecule has 0 radical (unpaired) electrons. The number of nitro benzene ring substituents is 1. The second-order valence-electron chi connectivity index (χ2n) is 5.70. The predicted molar refractivity (Wildman–Crippen MR) is 105 cm³/mol. The quantitative estimate of drug-likeness (QED) is 0.238. The third kappa shape index (κ3) is 6.23. The van der Waals surface area contributed by atoms with Crippen molar-refractivity contribution in [2.75, 3.05) is 33.4 Å². The minimum Gasteiger partial charge on any atom is -0.381 e. The first-order valence-corrected chi connectivity index (χ1v) is 7.90. The first-order valence-electron chi connectivity index (χ1n) is 7.90. The largest absolute Gasteiger partial charge is 0.381 e. The van der Waals surface area contributed by atoms with Crippen LogP contribution in [0, 0.1) is 16.0 Å². The van der Waals surface area contributed by atoms with Crippen LogP contribution >= 0.6 is 24.0 Å². The zero-order chi connectivity index (χ0) is 16.7. The molecule has 1 aliphatic heterocycles. The van der Waals surface area contributed by atoms with Crippen LogP contribution in [0.2, 0.25) is 0 Å². The van der Waals surface area contributed by atoms with Crippen molar-refractivity contribution in [1.29, 1.82) is 0 Å². The van der Waals surface area contributed by atoms with Crippen molar-refractivity contribution >= 4 is 35.6 Å². The van der Waals surface area contributed by atoms with Crippen LogP contribution in [-0.4, -0.2) is 49.1 Å². The Morgan fingerprint density at radius 2 is 2.17 bits per heavy atom. The van der Waals surface area contributed by atoms with Crippen molar-refractivity contribution in [2.45, 2.75) is 19.9 Å². The summed E-state index contributed by atoms with van der Waals surface area (Å²) in [6.07, 6.45) is 1.09. The van der Waals surface area contributed by atoms with Crippen LogP contribution in [0.15, 0.2) is 29.3 Å². The van der Waals surface area contributed by atoms with Gasteiger partial charge in [-0.05, 0) is 18.9 Å². The number of nitrogens with zero attached hydrogens (tertiary/aromatic N) is 3. The summed E-state index contributed by atoms with van der Waals surface area (Å²) >= 11 is 0. The molecule has 1 fully saturated rings. The fourth-order valence-corrected chi connectivity index (χ4v) is 2.56. The lowest BCUT2D eigenvalue weighted by Crippen LogP contribution is -2.41. The molecule has 1 N–H and O–H groups in total. The van der Waals surface area contributed by atoms with Crippen molar-refractivity contribution in [1.82, 2.24) is 10.2 Å². The highest BCUT2D eigenvalue weighted by Crippen LogP contribution is 2.14. The summed E-state index contributed by atoms with van der Waals surface area (Å²) in [7, 11) is 2.02. The van der Waals surface area contributed by atoms with E-state index in [1.165, 1.54) is 12.1 Å². The molecule has 1 atom stereocenters. The topological polar surface area (TPSA) is 80.0 Å². The smallest absolute Gasteiger partial charge is 0.269 e. The maximum absolute atomic E-state index is 10.7. The highest BCUT2D eigenvalue weighted by Gasteiger charge is 2.19.